The third-order valence-electron chi connectivity index (χ3n) is 11.1. The summed E-state index contributed by atoms with van der Waals surface area (Å²) < 4.78 is 6.66. The van der Waals surface area contributed by atoms with Crippen molar-refractivity contribution in [2.45, 2.75) is 0 Å². The second kappa shape index (κ2) is 14.1. The molecule has 0 fully saturated rings. The van der Waals surface area contributed by atoms with E-state index < -0.39 is 0 Å². The number of fused-ring (bicyclic) bond motifs is 6. The summed E-state index contributed by atoms with van der Waals surface area (Å²) in [7, 11) is 0. The van der Waals surface area contributed by atoms with Crippen LogP contribution in [-0.2, 0) is 0 Å². The van der Waals surface area contributed by atoms with Gasteiger partial charge in [-0.25, -0.2) is 19.8 Å². The Hall–Kier alpha value is -8.20. The maximum atomic E-state index is 7.55. The van der Waals surface area contributed by atoms with Crippen LogP contribution in [0.15, 0.2) is 199 Å². The number of hydrogen-bond acceptors (Lipinski definition) is 4. The lowest BCUT2D eigenvalue weighted by atomic mass is 9.95. The van der Waals surface area contributed by atoms with Crippen LogP contribution in [0.2, 0.25) is 0 Å². The summed E-state index contributed by atoms with van der Waals surface area (Å²) in [5, 5.41) is 6.37. The van der Waals surface area contributed by atoms with Gasteiger partial charge in [-0.15, -0.1) is 0 Å². The average molecular weight is 753 g/mol. The zero-order chi connectivity index (χ0) is 39.3. The molecule has 0 atom stereocenters. The molecule has 0 spiro atoms. The van der Waals surface area contributed by atoms with E-state index in [2.05, 4.69) is 150 Å². The molecule has 274 valence electrons. The van der Waals surface area contributed by atoms with Gasteiger partial charge in [0.2, 0.25) is 0 Å². The van der Waals surface area contributed by atoms with Gasteiger partial charge in [0.05, 0.1) is 6.57 Å². The van der Waals surface area contributed by atoms with Gasteiger partial charge in [0.15, 0.2) is 23.2 Å². The summed E-state index contributed by atoms with van der Waals surface area (Å²) >= 11 is 0. The SMILES string of the molecule is [C-]#[N+]c1ccc(-c2nc(-c3cc(-c4ccccc4)cc(-c4ccccc4)c3)nc(-c3cc4c5cc(-c6ccc7ccccc7c6)ccc5oc4c4ccccc34)n2)cc1. The predicted molar refractivity (Wildman–Crippen MR) is 241 cm³/mol. The van der Waals surface area contributed by atoms with Gasteiger partial charge in [-0.05, 0) is 92.0 Å². The van der Waals surface area contributed by atoms with Crippen LogP contribution in [0.4, 0.5) is 5.69 Å². The highest BCUT2D eigenvalue weighted by atomic mass is 16.3. The summed E-state index contributed by atoms with van der Waals surface area (Å²) in [6.45, 7) is 7.55. The Morgan fingerprint density at radius 1 is 0.356 bits per heavy atom. The van der Waals surface area contributed by atoms with Crippen LogP contribution in [0.1, 0.15) is 0 Å². The van der Waals surface area contributed by atoms with Crippen molar-refractivity contribution >= 4 is 49.2 Å². The monoisotopic (exact) mass is 752 g/mol. The number of nitrogens with zero attached hydrogens (tertiary/aromatic N) is 4. The van der Waals surface area contributed by atoms with Gasteiger partial charge in [0.25, 0.3) is 0 Å². The smallest absolute Gasteiger partial charge is 0.187 e. The number of furan rings is 1. The Bertz CT molecular complexity index is 3380. The lowest BCUT2D eigenvalue weighted by molar-refractivity contribution is 0.673. The molecule has 2 heterocycles. The number of rotatable bonds is 6. The van der Waals surface area contributed by atoms with Crippen LogP contribution in [0.5, 0.6) is 0 Å². The lowest BCUT2D eigenvalue weighted by Crippen LogP contribution is -2.01. The molecule has 0 bridgehead atoms. The quantitative estimate of drug-likeness (QED) is 0.159. The highest BCUT2D eigenvalue weighted by Crippen LogP contribution is 2.41. The molecule has 0 aliphatic rings. The molecular weight excluding hydrogens is 721 g/mol. The van der Waals surface area contributed by atoms with E-state index in [0.29, 0.717) is 23.2 Å². The fraction of sp³-hybridized carbons (Fsp3) is 0. The van der Waals surface area contributed by atoms with E-state index in [1.54, 1.807) is 12.1 Å². The standard InChI is InChI=1S/C54H32N4O/c1-55-44-25-22-37(23-26-44)52-56-53(43-30-41(34-12-4-2-5-13-34)29-42(31-43)35-14-6-3-7-15-35)58-54(57-52)49-33-48-47-32-40(39-21-20-36-16-8-9-17-38(36)28-39)24-27-50(47)59-51(48)46-19-11-10-18-45(46)49/h2-33H. The fourth-order valence-electron chi connectivity index (χ4n) is 8.12. The summed E-state index contributed by atoms with van der Waals surface area (Å²) in [5.41, 5.74) is 11.3. The van der Waals surface area contributed by atoms with E-state index in [1.165, 1.54) is 10.8 Å². The third kappa shape index (κ3) is 6.17. The molecule has 0 radical (unpaired) electrons. The Morgan fingerprint density at radius 2 is 0.915 bits per heavy atom. The molecule has 9 aromatic carbocycles. The van der Waals surface area contributed by atoms with E-state index in [-0.39, 0.29) is 0 Å². The molecule has 5 nitrogen and oxygen atoms in total. The van der Waals surface area contributed by atoms with Crippen molar-refractivity contribution < 1.29 is 4.42 Å². The minimum Gasteiger partial charge on any atom is -0.455 e. The van der Waals surface area contributed by atoms with Crippen molar-refractivity contribution in [2.75, 3.05) is 0 Å². The average Bonchev–Trinajstić information content (AvgIpc) is 3.69. The van der Waals surface area contributed by atoms with Crippen molar-refractivity contribution in [3.8, 4) is 67.5 Å². The van der Waals surface area contributed by atoms with Crippen molar-refractivity contribution in [1.29, 1.82) is 0 Å². The van der Waals surface area contributed by atoms with Crippen LogP contribution in [0.25, 0.3) is 116 Å². The lowest BCUT2D eigenvalue weighted by Gasteiger charge is -2.13. The van der Waals surface area contributed by atoms with Crippen molar-refractivity contribution in [2.24, 2.45) is 0 Å². The maximum Gasteiger partial charge on any atom is 0.187 e. The molecule has 5 heteroatoms. The normalized spacial score (nSPS) is 11.4. The van der Waals surface area contributed by atoms with Gasteiger partial charge in [-0.2, -0.15) is 0 Å². The molecule has 0 saturated carbocycles. The third-order valence-corrected chi connectivity index (χ3v) is 11.1. The molecular formula is C54H32N4O. The molecule has 11 aromatic rings. The van der Waals surface area contributed by atoms with Gasteiger partial charge in [-0.3, -0.25) is 0 Å². The van der Waals surface area contributed by atoms with Crippen molar-refractivity contribution in [3.05, 3.63) is 206 Å². The predicted octanol–water partition coefficient (Wildman–Crippen LogP) is 14.6. The zero-order valence-corrected chi connectivity index (χ0v) is 31.7. The molecule has 59 heavy (non-hydrogen) atoms. The van der Waals surface area contributed by atoms with Gasteiger partial charge < -0.3 is 4.42 Å². The molecule has 0 amide bonds. The minimum absolute atomic E-state index is 0.521. The van der Waals surface area contributed by atoms with E-state index in [4.69, 9.17) is 25.9 Å². The molecule has 0 aliphatic heterocycles. The van der Waals surface area contributed by atoms with Crippen molar-refractivity contribution in [1.82, 2.24) is 15.0 Å². The minimum atomic E-state index is 0.521. The first-order valence-electron chi connectivity index (χ1n) is 19.5. The van der Waals surface area contributed by atoms with E-state index in [1.807, 2.05) is 36.4 Å². The Labute approximate surface area is 340 Å². The molecule has 2 aromatic heterocycles. The Morgan fingerprint density at radius 3 is 1.63 bits per heavy atom. The fourth-order valence-corrected chi connectivity index (χ4v) is 8.12. The highest BCUT2D eigenvalue weighted by molar-refractivity contribution is 6.19. The van der Waals surface area contributed by atoms with Crippen LogP contribution in [0.3, 0.4) is 0 Å². The molecule has 11 rings (SSSR count). The first-order chi connectivity index (χ1) is 29.1. The largest absolute Gasteiger partial charge is 0.455 e. The van der Waals surface area contributed by atoms with Gasteiger partial charge in [0, 0.05) is 32.8 Å². The van der Waals surface area contributed by atoms with E-state index in [0.717, 1.165) is 82.8 Å². The second-order valence-corrected chi connectivity index (χ2v) is 14.7. The van der Waals surface area contributed by atoms with Crippen LogP contribution >= 0.6 is 0 Å². The topological polar surface area (TPSA) is 56.2 Å². The van der Waals surface area contributed by atoms with Crippen LogP contribution < -0.4 is 0 Å². The second-order valence-electron chi connectivity index (χ2n) is 14.7. The number of aromatic nitrogens is 3. The van der Waals surface area contributed by atoms with Gasteiger partial charge in [0.1, 0.15) is 11.2 Å². The first kappa shape index (κ1) is 34.1. The van der Waals surface area contributed by atoms with Crippen LogP contribution in [0, 0.1) is 6.57 Å². The molecule has 0 N–H and O–H groups in total. The number of hydrogen-bond donors (Lipinski definition) is 0. The Kier molecular flexibility index (Phi) is 8.13. The number of benzene rings is 9. The Balaban J connectivity index is 1.15. The summed E-state index contributed by atoms with van der Waals surface area (Å²) in [5.74, 6) is 1.62. The summed E-state index contributed by atoms with van der Waals surface area (Å²) in [4.78, 5) is 19.3. The van der Waals surface area contributed by atoms with Crippen LogP contribution in [-0.4, -0.2) is 15.0 Å². The van der Waals surface area contributed by atoms with Gasteiger partial charge in [-0.1, -0.05) is 152 Å². The summed E-state index contributed by atoms with van der Waals surface area (Å²) in [6, 6.07) is 66.7. The zero-order valence-electron chi connectivity index (χ0n) is 31.7. The van der Waals surface area contributed by atoms with E-state index >= 15 is 0 Å². The first-order valence-corrected chi connectivity index (χ1v) is 19.5. The molecule has 0 unspecified atom stereocenters. The maximum absolute atomic E-state index is 7.55. The molecule has 0 saturated heterocycles. The van der Waals surface area contributed by atoms with E-state index in [9.17, 15) is 0 Å². The summed E-state index contributed by atoms with van der Waals surface area (Å²) in [6.07, 6.45) is 0. The molecule has 0 aliphatic carbocycles. The van der Waals surface area contributed by atoms with Gasteiger partial charge >= 0.3 is 0 Å². The van der Waals surface area contributed by atoms with Crippen molar-refractivity contribution in [3.63, 3.8) is 0 Å². The highest BCUT2D eigenvalue weighted by Gasteiger charge is 2.20.